The minimum absolute atomic E-state index is 0.0128. The summed E-state index contributed by atoms with van der Waals surface area (Å²) in [5.41, 5.74) is -1.54. The average Bonchev–Trinajstić information content (AvgIpc) is 3.16. The van der Waals surface area contributed by atoms with Crippen LogP contribution in [0.25, 0.3) is 28.2 Å². The van der Waals surface area contributed by atoms with Crippen molar-refractivity contribution >= 4 is 40.3 Å². The van der Waals surface area contributed by atoms with E-state index in [1.807, 2.05) is 0 Å². The first-order valence-electron chi connectivity index (χ1n) is 8.72. The van der Waals surface area contributed by atoms with Crippen LogP contribution in [-0.2, 0) is 13.1 Å². The summed E-state index contributed by atoms with van der Waals surface area (Å²) < 4.78 is 56.5. The highest BCUT2D eigenvalue weighted by Crippen LogP contribution is 2.37. The third-order valence-corrected chi connectivity index (χ3v) is 5.58. The Labute approximate surface area is 171 Å². The van der Waals surface area contributed by atoms with Gasteiger partial charge < -0.3 is 4.98 Å². The Kier molecular flexibility index (Phi) is 4.77. The van der Waals surface area contributed by atoms with Crippen molar-refractivity contribution in [3.05, 3.63) is 43.8 Å². The summed E-state index contributed by atoms with van der Waals surface area (Å²) in [6, 6.07) is 0.973. The Morgan fingerprint density at radius 2 is 1.86 bits per heavy atom. The maximum Gasteiger partial charge on any atom is 0.412 e. The molecule has 1 aliphatic heterocycles. The van der Waals surface area contributed by atoms with Crippen molar-refractivity contribution < 1.29 is 17.6 Å². The van der Waals surface area contributed by atoms with Crippen LogP contribution in [0.15, 0.2) is 16.4 Å². The molecule has 0 spiro atoms. The van der Waals surface area contributed by atoms with Gasteiger partial charge in [0.1, 0.15) is 22.3 Å². The molecule has 154 valence electrons. The largest absolute Gasteiger partial charge is 0.412 e. The van der Waals surface area contributed by atoms with Crippen molar-refractivity contribution in [1.82, 2.24) is 19.3 Å². The van der Waals surface area contributed by atoms with E-state index in [2.05, 4.69) is 9.97 Å². The predicted molar refractivity (Wildman–Crippen MR) is 103 cm³/mol. The molecule has 0 bridgehead atoms. The minimum atomic E-state index is -4.54. The maximum atomic E-state index is 14.9. The molecule has 0 radical (unpaired) electrons. The number of rotatable bonds is 2. The highest BCUT2D eigenvalue weighted by molar-refractivity contribution is 6.36. The molecule has 0 aliphatic carbocycles. The van der Waals surface area contributed by atoms with Crippen LogP contribution in [0, 0.1) is 5.82 Å². The summed E-state index contributed by atoms with van der Waals surface area (Å²) in [6.45, 7) is 1.84. The van der Waals surface area contributed by atoms with Gasteiger partial charge in [-0.1, -0.05) is 23.2 Å². The second-order valence-corrected chi connectivity index (χ2v) is 7.58. The number of nitrogens with zero attached hydrogens (tertiary/aromatic N) is 3. The number of aromatic nitrogens is 4. The number of hydrogen-bond acceptors (Lipinski definition) is 2. The standard InChI is InChI=1S/C18H14Cl2F4N4O/c1-8(18(22,23)24)6-11-25-14-9(19)7-10(21)12(15(14)26-11)13-16(20)27-4-2-3-5-28(27)17(13)29/h6-7H,2-5H2,1H3,(H,25,26)/b8-6+. The van der Waals surface area contributed by atoms with Crippen molar-refractivity contribution in [3.8, 4) is 11.1 Å². The molecule has 3 aromatic rings. The Balaban J connectivity index is 2.00. The molecule has 0 saturated carbocycles. The summed E-state index contributed by atoms with van der Waals surface area (Å²) in [7, 11) is 0. The average molecular weight is 449 g/mol. The van der Waals surface area contributed by atoms with Gasteiger partial charge in [-0.05, 0) is 31.9 Å². The summed E-state index contributed by atoms with van der Waals surface area (Å²) in [5, 5.41) is -0.0302. The summed E-state index contributed by atoms with van der Waals surface area (Å²) >= 11 is 12.4. The molecule has 29 heavy (non-hydrogen) atoms. The van der Waals surface area contributed by atoms with Gasteiger partial charge in [-0.2, -0.15) is 13.2 Å². The third-order valence-electron chi connectivity index (χ3n) is 4.90. The van der Waals surface area contributed by atoms with Gasteiger partial charge in [-0.3, -0.25) is 9.48 Å². The molecule has 0 saturated heterocycles. The molecule has 0 unspecified atom stereocenters. The van der Waals surface area contributed by atoms with Gasteiger partial charge in [0.05, 0.1) is 21.7 Å². The Bertz CT molecular complexity index is 1220. The molecule has 5 nitrogen and oxygen atoms in total. The lowest BCUT2D eigenvalue weighted by atomic mass is 10.1. The smallest absolute Gasteiger partial charge is 0.338 e. The van der Waals surface area contributed by atoms with Crippen LogP contribution >= 0.6 is 23.2 Å². The lowest BCUT2D eigenvalue weighted by Crippen LogP contribution is -2.27. The number of benzene rings is 1. The van der Waals surface area contributed by atoms with E-state index in [1.165, 1.54) is 4.68 Å². The Hall–Kier alpha value is -2.26. The molecule has 11 heteroatoms. The van der Waals surface area contributed by atoms with Gasteiger partial charge in [0.2, 0.25) is 0 Å². The molecule has 0 amide bonds. The fourth-order valence-corrected chi connectivity index (χ4v) is 4.04. The van der Waals surface area contributed by atoms with Gasteiger partial charge in [0.25, 0.3) is 5.56 Å². The number of nitrogens with one attached hydrogen (secondary N) is 1. The molecule has 0 fully saturated rings. The van der Waals surface area contributed by atoms with E-state index in [0.717, 1.165) is 31.9 Å². The van der Waals surface area contributed by atoms with Gasteiger partial charge >= 0.3 is 6.18 Å². The first-order valence-corrected chi connectivity index (χ1v) is 9.48. The summed E-state index contributed by atoms with van der Waals surface area (Å²) in [4.78, 5) is 19.6. The SMILES string of the molecule is C/C(=C\c1nc2c(Cl)cc(F)c(-c3c(Cl)n4n(c3=O)CCCC4)c2[nH]1)C(F)(F)F. The number of fused-ring (bicyclic) bond motifs is 2. The lowest BCUT2D eigenvalue weighted by molar-refractivity contribution is -0.0903. The van der Waals surface area contributed by atoms with Crippen molar-refractivity contribution in [3.63, 3.8) is 0 Å². The number of hydrogen-bond donors (Lipinski definition) is 1. The number of halogens is 6. The van der Waals surface area contributed by atoms with E-state index in [9.17, 15) is 22.4 Å². The first-order chi connectivity index (χ1) is 13.6. The van der Waals surface area contributed by atoms with E-state index < -0.39 is 23.1 Å². The normalized spacial score (nSPS) is 15.2. The fourth-order valence-electron chi connectivity index (χ4n) is 3.45. The molecular formula is C18H14Cl2F4N4O. The van der Waals surface area contributed by atoms with E-state index >= 15 is 0 Å². The van der Waals surface area contributed by atoms with Crippen molar-refractivity contribution in [2.24, 2.45) is 0 Å². The zero-order valence-corrected chi connectivity index (χ0v) is 16.5. The van der Waals surface area contributed by atoms with E-state index in [-0.39, 0.29) is 38.2 Å². The third kappa shape index (κ3) is 3.26. The minimum Gasteiger partial charge on any atom is -0.338 e. The highest BCUT2D eigenvalue weighted by atomic mass is 35.5. The highest BCUT2D eigenvalue weighted by Gasteiger charge is 2.31. The number of imidazole rings is 1. The van der Waals surface area contributed by atoms with Crippen molar-refractivity contribution in [2.75, 3.05) is 0 Å². The number of aromatic amines is 1. The number of H-pyrrole nitrogens is 1. The second kappa shape index (κ2) is 6.91. The van der Waals surface area contributed by atoms with Crippen molar-refractivity contribution in [2.45, 2.75) is 39.0 Å². The van der Waals surface area contributed by atoms with Gasteiger partial charge in [-0.15, -0.1) is 0 Å². The fraction of sp³-hybridized carbons (Fsp3) is 0.333. The molecule has 1 N–H and O–H groups in total. The van der Waals surface area contributed by atoms with Crippen LogP contribution in [0.5, 0.6) is 0 Å². The molecule has 3 heterocycles. The number of allylic oxidation sites excluding steroid dienone is 1. The lowest BCUT2D eigenvalue weighted by Gasteiger charge is -2.17. The van der Waals surface area contributed by atoms with E-state index in [4.69, 9.17) is 23.2 Å². The van der Waals surface area contributed by atoms with Crippen LogP contribution in [-0.4, -0.2) is 25.5 Å². The molecule has 2 aromatic heterocycles. The van der Waals surface area contributed by atoms with Crippen LogP contribution in [0.1, 0.15) is 25.6 Å². The maximum absolute atomic E-state index is 14.9. The Morgan fingerprint density at radius 3 is 2.48 bits per heavy atom. The van der Waals surface area contributed by atoms with Gasteiger partial charge in [-0.25, -0.2) is 14.1 Å². The quantitative estimate of drug-likeness (QED) is 0.533. The zero-order valence-electron chi connectivity index (χ0n) is 15.0. The topological polar surface area (TPSA) is 55.6 Å². The molecular weight excluding hydrogens is 435 g/mol. The van der Waals surface area contributed by atoms with E-state index in [0.29, 0.717) is 13.1 Å². The zero-order chi connectivity index (χ0) is 21.1. The van der Waals surface area contributed by atoms with Gasteiger partial charge in [0, 0.05) is 18.7 Å². The number of alkyl halides is 3. The predicted octanol–water partition coefficient (Wildman–Crippen LogP) is 5.40. The first kappa shape index (κ1) is 20.0. The monoisotopic (exact) mass is 448 g/mol. The molecule has 1 aromatic carbocycles. The van der Waals surface area contributed by atoms with Crippen LogP contribution in [0.4, 0.5) is 17.6 Å². The molecule has 1 aliphatic rings. The van der Waals surface area contributed by atoms with E-state index in [1.54, 1.807) is 4.68 Å². The van der Waals surface area contributed by atoms with Crippen LogP contribution in [0.2, 0.25) is 10.2 Å². The second-order valence-electron chi connectivity index (χ2n) is 6.81. The summed E-state index contributed by atoms with van der Waals surface area (Å²) in [6.07, 6.45) is -2.15. The molecule has 0 atom stereocenters. The van der Waals surface area contributed by atoms with Crippen molar-refractivity contribution in [1.29, 1.82) is 0 Å². The summed E-state index contributed by atoms with van der Waals surface area (Å²) in [5.74, 6) is -0.986. The molecule has 4 rings (SSSR count). The Morgan fingerprint density at radius 1 is 1.21 bits per heavy atom. The van der Waals surface area contributed by atoms with Crippen LogP contribution in [0.3, 0.4) is 0 Å². The van der Waals surface area contributed by atoms with Crippen LogP contribution < -0.4 is 5.56 Å². The van der Waals surface area contributed by atoms with Gasteiger partial charge in [0.15, 0.2) is 0 Å².